The second-order valence-electron chi connectivity index (χ2n) is 5.37. The van der Waals surface area contributed by atoms with Crippen LogP contribution in [0.5, 0.6) is 11.5 Å². The Labute approximate surface area is 132 Å². The molecule has 3 nitrogen and oxygen atoms in total. The quantitative estimate of drug-likeness (QED) is 0.915. The Hall–Kier alpha value is -1.23. The average Bonchev–Trinajstić information content (AvgIpc) is 3.07. The molecule has 1 atom stereocenters. The fourth-order valence-corrected chi connectivity index (χ4v) is 4.45. The second-order valence-corrected chi connectivity index (χ2v) is 6.95. The third-order valence-electron chi connectivity index (χ3n) is 3.99. The number of aliphatic hydroxyl groups is 1. The lowest BCUT2D eigenvalue weighted by Gasteiger charge is -2.21. The van der Waals surface area contributed by atoms with Gasteiger partial charge in [0.25, 0.3) is 0 Å². The summed E-state index contributed by atoms with van der Waals surface area (Å²) in [5.41, 5.74) is 2.06. The first-order valence-electron chi connectivity index (χ1n) is 7.11. The average molecular weight is 323 g/mol. The minimum atomic E-state index is -0.705. The lowest BCUT2D eigenvalue weighted by molar-refractivity contribution is 0.170. The predicted octanol–water partition coefficient (Wildman–Crippen LogP) is 3.74. The number of benzene rings is 1. The highest BCUT2D eigenvalue weighted by Crippen LogP contribution is 2.42. The van der Waals surface area contributed by atoms with Crippen LogP contribution in [0.3, 0.4) is 0 Å². The normalized spacial score (nSPS) is 17.6. The molecule has 0 amide bonds. The van der Waals surface area contributed by atoms with E-state index in [9.17, 15) is 5.11 Å². The van der Waals surface area contributed by atoms with Crippen molar-refractivity contribution in [2.24, 2.45) is 0 Å². The molecular weight excluding hydrogens is 308 g/mol. The van der Waals surface area contributed by atoms with E-state index in [2.05, 4.69) is 6.07 Å². The van der Waals surface area contributed by atoms with Crippen LogP contribution in [0.4, 0.5) is 0 Å². The molecule has 1 aliphatic heterocycles. The monoisotopic (exact) mass is 322 g/mol. The van der Waals surface area contributed by atoms with Gasteiger partial charge in [0, 0.05) is 21.4 Å². The van der Waals surface area contributed by atoms with E-state index in [1.807, 2.05) is 0 Å². The predicted molar refractivity (Wildman–Crippen MR) is 82.8 cm³/mol. The van der Waals surface area contributed by atoms with E-state index >= 15 is 0 Å². The number of aliphatic hydroxyl groups excluding tert-OH is 1. The van der Waals surface area contributed by atoms with Gasteiger partial charge in [-0.15, -0.1) is 11.3 Å². The van der Waals surface area contributed by atoms with Crippen LogP contribution < -0.4 is 9.47 Å². The van der Waals surface area contributed by atoms with Crippen molar-refractivity contribution >= 4 is 22.9 Å². The van der Waals surface area contributed by atoms with E-state index in [4.69, 9.17) is 21.1 Å². The molecule has 0 bridgehead atoms. The number of aryl methyl sites for hydroxylation is 2. The van der Waals surface area contributed by atoms with Crippen molar-refractivity contribution in [2.75, 3.05) is 13.2 Å². The summed E-state index contributed by atoms with van der Waals surface area (Å²) >= 11 is 8.00. The SMILES string of the molecule is OC(c1cc2c(s1)CCC2)c1cc2c(cc1Cl)OCCO2. The van der Waals surface area contributed by atoms with Crippen molar-refractivity contribution in [3.63, 3.8) is 0 Å². The molecule has 4 rings (SSSR count). The van der Waals surface area contributed by atoms with E-state index in [-0.39, 0.29) is 0 Å². The molecule has 0 fully saturated rings. The van der Waals surface area contributed by atoms with Crippen LogP contribution in [0, 0.1) is 0 Å². The number of thiophene rings is 1. The lowest BCUT2D eigenvalue weighted by atomic mass is 10.1. The van der Waals surface area contributed by atoms with E-state index in [0.29, 0.717) is 35.3 Å². The largest absolute Gasteiger partial charge is 0.486 e. The summed E-state index contributed by atoms with van der Waals surface area (Å²) in [6.07, 6.45) is 2.76. The Bertz CT molecular complexity index is 674. The number of fused-ring (bicyclic) bond motifs is 2. The Balaban J connectivity index is 1.71. The topological polar surface area (TPSA) is 38.7 Å². The van der Waals surface area contributed by atoms with Crippen LogP contribution in [0.25, 0.3) is 0 Å². The molecule has 1 aromatic carbocycles. The first-order chi connectivity index (χ1) is 10.2. The minimum absolute atomic E-state index is 0.514. The van der Waals surface area contributed by atoms with Crippen LogP contribution >= 0.6 is 22.9 Å². The summed E-state index contributed by atoms with van der Waals surface area (Å²) in [6.45, 7) is 1.06. The van der Waals surface area contributed by atoms with E-state index in [0.717, 1.165) is 17.7 Å². The highest BCUT2D eigenvalue weighted by molar-refractivity contribution is 7.12. The number of rotatable bonds is 2. The van der Waals surface area contributed by atoms with Gasteiger partial charge in [-0.25, -0.2) is 0 Å². The van der Waals surface area contributed by atoms with Gasteiger partial charge in [-0.05, 0) is 37.0 Å². The smallest absolute Gasteiger partial charge is 0.162 e. The Morgan fingerprint density at radius 2 is 1.86 bits per heavy atom. The van der Waals surface area contributed by atoms with Crippen molar-refractivity contribution in [3.8, 4) is 11.5 Å². The minimum Gasteiger partial charge on any atom is -0.486 e. The highest BCUT2D eigenvalue weighted by atomic mass is 35.5. The highest BCUT2D eigenvalue weighted by Gasteiger charge is 2.24. The molecule has 1 unspecified atom stereocenters. The Kier molecular flexibility index (Phi) is 3.32. The zero-order valence-electron chi connectivity index (χ0n) is 11.4. The van der Waals surface area contributed by atoms with Crippen LogP contribution in [-0.2, 0) is 12.8 Å². The summed E-state index contributed by atoms with van der Waals surface area (Å²) in [7, 11) is 0. The summed E-state index contributed by atoms with van der Waals surface area (Å²) in [6, 6.07) is 5.65. The van der Waals surface area contributed by atoms with Crippen molar-refractivity contribution < 1.29 is 14.6 Å². The van der Waals surface area contributed by atoms with E-state index in [1.165, 1.54) is 16.9 Å². The third-order valence-corrected chi connectivity index (χ3v) is 5.61. The van der Waals surface area contributed by atoms with E-state index in [1.54, 1.807) is 23.5 Å². The van der Waals surface area contributed by atoms with Gasteiger partial charge in [0.15, 0.2) is 11.5 Å². The van der Waals surface area contributed by atoms with Gasteiger partial charge >= 0.3 is 0 Å². The maximum atomic E-state index is 10.7. The molecule has 1 aromatic heterocycles. The van der Waals surface area contributed by atoms with Gasteiger partial charge < -0.3 is 14.6 Å². The lowest BCUT2D eigenvalue weighted by Crippen LogP contribution is -2.16. The van der Waals surface area contributed by atoms with Crippen molar-refractivity contribution in [1.82, 2.24) is 0 Å². The molecule has 0 saturated carbocycles. The Morgan fingerprint density at radius 3 is 2.62 bits per heavy atom. The number of halogens is 1. The number of hydrogen-bond acceptors (Lipinski definition) is 4. The summed E-state index contributed by atoms with van der Waals surface area (Å²) in [5, 5.41) is 11.2. The third kappa shape index (κ3) is 2.31. The molecule has 0 spiro atoms. The van der Waals surface area contributed by atoms with Crippen LogP contribution in [0.1, 0.15) is 33.4 Å². The molecule has 1 N–H and O–H groups in total. The van der Waals surface area contributed by atoms with Gasteiger partial charge in [0.2, 0.25) is 0 Å². The van der Waals surface area contributed by atoms with Gasteiger partial charge in [-0.1, -0.05) is 11.6 Å². The van der Waals surface area contributed by atoms with Crippen LogP contribution in [0.2, 0.25) is 5.02 Å². The summed E-state index contributed by atoms with van der Waals surface area (Å²) < 4.78 is 11.1. The van der Waals surface area contributed by atoms with Gasteiger partial charge in [-0.2, -0.15) is 0 Å². The number of hydrogen-bond donors (Lipinski definition) is 1. The van der Waals surface area contributed by atoms with Gasteiger partial charge in [0.1, 0.15) is 19.3 Å². The summed E-state index contributed by atoms with van der Waals surface area (Å²) in [5.74, 6) is 1.31. The zero-order chi connectivity index (χ0) is 14.4. The first-order valence-corrected chi connectivity index (χ1v) is 8.30. The molecule has 1 aliphatic carbocycles. The molecular formula is C16H15ClO3S. The zero-order valence-corrected chi connectivity index (χ0v) is 13.0. The molecule has 2 aromatic rings. The van der Waals surface area contributed by atoms with E-state index < -0.39 is 6.10 Å². The van der Waals surface area contributed by atoms with Crippen molar-refractivity contribution in [3.05, 3.63) is 44.1 Å². The molecule has 0 radical (unpaired) electrons. The van der Waals surface area contributed by atoms with Crippen molar-refractivity contribution in [1.29, 1.82) is 0 Å². The molecule has 2 aliphatic rings. The molecule has 110 valence electrons. The fraction of sp³-hybridized carbons (Fsp3) is 0.375. The maximum Gasteiger partial charge on any atom is 0.162 e. The van der Waals surface area contributed by atoms with Gasteiger partial charge in [-0.3, -0.25) is 0 Å². The standard InChI is InChI=1S/C16H15ClO3S/c17-11-8-13-12(19-4-5-20-13)7-10(11)16(18)15-6-9-2-1-3-14(9)21-15/h6-8,16,18H,1-5H2. The van der Waals surface area contributed by atoms with Crippen LogP contribution in [-0.4, -0.2) is 18.3 Å². The van der Waals surface area contributed by atoms with Gasteiger partial charge in [0.05, 0.1) is 5.02 Å². The molecule has 21 heavy (non-hydrogen) atoms. The number of ether oxygens (including phenoxy) is 2. The Morgan fingerprint density at radius 1 is 1.10 bits per heavy atom. The second kappa shape index (κ2) is 5.20. The van der Waals surface area contributed by atoms with Crippen molar-refractivity contribution in [2.45, 2.75) is 25.4 Å². The first kappa shape index (κ1) is 13.4. The molecule has 0 saturated heterocycles. The maximum absolute atomic E-state index is 10.7. The molecule has 2 heterocycles. The summed E-state index contributed by atoms with van der Waals surface area (Å²) in [4.78, 5) is 2.36. The fourth-order valence-electron chi connectivity index (χ4n) is 2.93. The van der Waals surface area contributed by atoms with Crippen LogP contribution in [0.15, 0.2) is 18.2 Å². The molecule has 5 heteroatoms.